The molecule has 0 aromatic heterocycles. The third-order valence-corrected chi connectivity index (χ3v) is 3.68. The molecule has 2 aromatic rings. The second-order valence-electron chi connectivity index (χ2n) is 4.11. The molecule has 2 rings (SSSR count). The average molecular weight is 318 g/mol. The molecule has 1 amide bonds. The van der Waals surface area contributed by atoms with E-state index in [2.05, 4.69) is 21.2 Å². The Hall–Kier alpha value is -1.94. The Morgan fingerprint density at radius 3 is 2.47 bits per heavy atom. The molecule has 0 bridgehead atoms. The summed E-state index contributed by atoms with van der Waals surface area (Å²) in [7, 11) is 0. The van der Waals surface area contributed by atoms with E-state index in [4.69, 9.17) is 0 Å². The Bertz CT molecular complexity index is 621. The second-order valence-corrected chi connectivity index (χ2v) is 4.96. The van der Waals surface area contributed by atoms with Crippen molar-refractivity contribution in [2.75, 3.05) is 5.32 Å². The molecule has 0 heterocycles. The lowest BCUT2D eigenvalue weighted by atomic mass is 10.1. The van der Waals surface area contributed by atoms with Gasteiger partial charge in [-0.15, -0.1) is 0 Å². The van der Waals surface area contributed by atoms with Crippen molar-refractivity contribution in [2.45, 2.75) is 6.92 Å². The number of benzene rings is 2. The van der Waals surface area contributed by atoms with E-state index in [9.17, 15) is 9.59 Å². The van der Waals surface area contributed by atoms with Crippen LogP contribution in [0.15, 0.2) is 46.9 Å². The molecule has 0 aliphatic carbocycles. The molecular formula is C15H12BrNO2. The predicted octanol–water partition coefficient (Wildman–Crippen LogP) is 3.82. The first-order valence-electron chi connectivity index (χ1n) is 5.73. The molecule has 19 heavy (non-hydrogen) atoms. The summed E-state index contributed by atoms with van der Waals surface area (Å²) in [5, 5.41) is 2.85. The van der Waals surface area contributed by atoms with Crippen molar-refractivity contribution in [1.29, 1.82) is 0 Å². The van der Waals surface area contributed by atoms with E-state index < -0.39 is 0 Å². The van der Waals surface area contributed by atoms with Gasteiger partial charge in [-0.3, -0.25) is 9.59 Å². The summed E-state index contributed by atoms with van der Waals surface area (Å²) in [5.74, 6) is -0.196. The summed E-state index contributed by atoms with van der Waals surface area (Å²) in [6.45, 7) is 1.93. The molecule has 0 saturated carbocycles. The molecule has 3 nitrogen and oxygen atoms in total. The SMILES string of the molecule is Cc1c(Br)cccc1NC(=O)c1ccc(C=O)cc1. The summed E-state index contributed by atoms with van der Waals surface area (Å²) in [6.07, 6.45) is 0.750. The van der Waals surface area contributed by atoms with E-state index in [0.717, 1.165) is 22.0 Å². The fourth-order valence-corrected chi connectivity index (χ4v) is 2.02. The van der Waals surface area contributed by atoms with Crippen molar-refractivity contribution in [3.8, 4) is 0 Å². The molecule has 4 heteroatoms. The molecule has 0 atom stereocenters. The van der Waals surface area contributed by atoms with Crippen molar-refractivity contribution < 1.29 is 9.59 Å². The van der Waals surface area contributed by atoms with Gasteiger partial charge in [0.1, 0.15) is 6.29 Å². The standard InChI is InChI=1S/C15H12BrNO2/c1-10-13(16)3-2-4-14(10)17-15(19)12-7-5-11(9-18)6-8-12/h2-9H,1H3,(H,17,19). The molecule has 0 aliphatic heterocycles. The third-order valence-electron chi connectivity index (χ3n) is 2.82. The molecule has 0 fully saturated rings. The Labute approximate surface area is 119 Å². The van der Waals surface area contributed by atoms with Crippen LogP contribution >= 0.6 is 15.9 Å². The molecule has 0 aliphatic rings. The highest BCUT2D eigenvalue weighted by Gasteiger charge is 2.08. The van der Waals surface area contributed by atoms with Gasteiger partial charge in [-0.25, -0.2) is 0 Å². The van der Waals surface area contributed by atoms with Crippen molar-refractivity contribution >= 4 is 33.8 Å². The van der Waals surface area contributed by atoms with Crippen molar-refractivity contribution in [3.05, 3.63) is 63.6 Å². The monoisotopic (exact) mass is 317 g/mol. The Morgan fingerprint density at radius 2 is 1.84 bits per heavy atom. The number of rotatable bonds is 3. The number of hydrogen-bond donors (Lipinski definition) is 1. The van der Waals surface area contributed by atoms with E-state index >= 15 is 0 Å². The highest BCUT2D eigenvalue weighted by Crippen LogP contribution is 2.23. The van der Waals surface area contributed by atoms with Gasteiger partial charge in [0.2, 0.25) is 0 Å². The van der Waals surface area contributed by atoms with E-state index in [1.165, 1.54) is 0 Å². The molecule has 0 spiro atoms. The molecule has 2 aromatic carbocycles. The van der Waals surface area contributed by atoms with Gasteiger partial charge in [-0.2, -0.15) is 0 Å². The first-order chi connectivity index (χ1) is 9.11. The van der Waals surface area contributed by atoms with Crippen LogP contribution in [0, 0.1) is 6.92 Å². The van der Waals surface area contributed by atoms with E-state index in [1.54, 1.807) is 24.3 Å². The quantitative estimate of drug-likeness (QED) is 0.875. The largest absolute Gasteiger partial charge is 0.322 e. The summed E-state index contributed by atoms with van der Waals surface area (Å²) >= 11 is 3.42. The van der Waals surface area contributed by atoms with Gasteiger partial charge >= 0.3 is 0 Å². The highest BCUT2D eigenvalue weighted by molar-refractivity contribution is 9.10. The predicted molar refractivity (Wildman–Crippen MR) is 78.7 cm³/mol. The van der Waals surface area contributed by atoms with Crippen LogP contribution in [-0.2, 0) is 0 Å². The molecule has 96 valence electrons. The van der Waals surface area contributed by atoms with Crippen molar-refractivity contribution in [2.24, 2.45) is 0 Å². The van der Waals surface area contributed by atoms with Gasteiger partial charge in [0.15, 0.2) is 0 Å². The number of carbonyl (C=O) groups is 2. The number of amides is 1. The van der Waals surface area contributed by atoms with Crippen LogP contribution in [0.4, 0.5) is 5.69 Å². The maximum atomic E-state index is 12.1. The fraction of sp³-hybridized carbons (Fsp3) is 0.0667. The number of anilines is 1. The minimum absolute atomic E-state index is 0.196. The highest BCUT2D eigenvalue weighted by atomic mass is 79.9. The topological polar surface area (TPSA) is 46.2 Å². The molecule has 0 radical (unpaired) electrons. The number of aldehydes is 1. The second kappa shape index (κ2) is 5.80. The van der Waals surface area contributed by atoms with Crippen molar-refractivity contribution in [3.63, 3.8) is 0 Å². The van der Waals surface area contributed by atoms with Crippen LogP contribution in [0.1, 0.15) is 26.3 Å². The number of nitrogens with one attached hydrogen (secondary N) is 1. The van der Waals surface area contributed by atoms with Crippen LogP contribution in [0.2, 0.25) is 0 Å². The third kappa shape index (κ3) is 3.09. The fourth-order valence-electron chi connectivity index (χ4n) is 1.65. The number of hydrogen-bond acceptors (Lipinski definition) is 2. The summed E-state index contributed by atoms with van der Waals surface area (Å²) in [5.41, 5.74) is 2.80. The molecule has 0 unspecified atom stereocenters. The van der Waals surface area contributed by atoms with E-state index in [0.29, 0.717) is 11.1 Å². The lowest BCUT2D eigenvalue weighted by molar-refractivity contribution is 0.102. The van der Waals surface area contributed by atoms with Gasteiger partial charge in [0, 0.05) is 21.3 Å². The van der Waals surface area contributed by atoms with E-state index in [1.807, 2.05) is 25.1 Å². The Morgan fingerprint density at radius 1 is 1.16 bits per heavy atom. The summed E-state index contributed by atoms with van der Waals surface area (Å²) in [4.78, 5) is 22.6. The van der Waals surface area contributed by atoms with Gasteiger partial charge in [0.25, 0.3) is 5.91 Å². The Balaban J connectivity index is 2.20. The Kier molecular flexibility index (Phi) is 4.12. The first kappa shape index (κ1) is 13.5. The maximum Gasteiger partial charge on any atom is 0.255 e. The molecule has 0 saturated heterocycles. The summed E-state index contributed by atoms with van der Waals surface area (Å²) < 4.78 is 0.946. The first-order valence-corrected chi connectivity index (χ1v) is 6.53. The molecule has 1 N–H and O–H groups in total. The summed E-state index contributed by atoms with van der Waals surface area (Å²) in [6, 6.07) is 12.1. The minimum atomic E-state index is -0.196. The van der Waals surface area contributed by atoms with Crippen molar-refractivity contribution in [1.82, 2.24) is 0 Å². The van der Waals surface area contributed by atoms with Crippen LogP contribution in [0.25, 0.3) is 0 Å². The van der Waals surface area contributed by atoms with E-state index in [-0.39, 0.29) is 5.91 Å². The number of halogens is 1. The average Bonchev–Trinajstić information content (AvgIpc) is 2.44. The van der Waals surface area contributed by atoms with Crippen LogP contribution < -0.4 is 5.32 Å². The minimum Gasteiger partial charge on any atom is -0.322 e. The van der Waals surface area contributed by atoms with Crippen LogP contribution in [0.5, 0.6) is 0 Å². The van der Waals surface area contributed by atoms with Crippen LogP contribution in [-0.4, -0.2) is 12.2 Å². The lowest BCUT2D eigenvalue weighted by Gasteiger charge is -2.09. The van der Waals surface area contributed by atoms with Gasteiger partial charge in [0.05, 0.1) is 0 Å². The van der Waals surface area contributed by atoms with Crippen LogP contribution in [0.3, 0.4) is 0 Å². The number of carbonyl (C=O) groups excluding carboxylic acids is 2. The maximum absolute atomic E-state index is 12.1. The van der Waals surface area contributed by atoms with Gasteiger partial charge in [-0.1, -0.05) is 34.1 Å². The zero-order chi connectivity index (χ0) is 13.8. The van der Waals surface area contributed by atoms with Gasteiger partial charge in [-0.05, 0) is 36.8 Å². The van der Waals surface area contributed by atoms with Gasteiger partial charge < -0.3 is 5.32 Å². The zero-order valence-corrected chi connectivity index (χ0v) is 11.9. The normalized spacial score (nSPS) is 10.0. The zero-order valence-electron chi connectivity index (χ0n) is 10.3. The lowest BCUT2D eigenvalue weighted by Crippen LogP contribution is -2.12. The molecular weight excluding hydrogens is 306 g/mol. The smallest absolute Gasteiger partial charge is 0.255 e.